The van der Waals surface area contributed by atoms with Gasteiger partial charge in [0.2, 0.25) is 5.91 Å². The summed E-state index contributed by atoms with van der Waals surface area (Å²) in [6, 6.07) is 17.4. The number of likely N-dealkylation sites (tertiary alicyclic amines) is 1. The van der Waals surface area contributed by atoms with E-state index in [-0.39, 0.29) is 11.8 Å². The Hall–Kier alpha value is -3.91. The molecule has 5 rings (SSSR count). The van der Waals surface area contributed by atoms with Gasteiger partial charge in [0, 0.05) is 31.3 Å². The number of likely N-dealkylation sites (N-methyl/N-ethyl adjacent to an activating group) is 1. The SMILES string of the molecule is COc1cc2c(cc1OC)C(C(=O)NCC1CCN(Cc3cccc(C)c3)CC1)C(c1ccccc1F)N(C)C2=O. The number of fused-ring (bicyclic) bond motifs is 1. The van der Waals surface area contributed by atoms with Crippen molar-refractivity contribution in [3.8, 4) is 11.5 Å². The van der Waals surface area contributed by atoms with Crippen molar-refractivity contribution in [1.29, 1.82) is 0 Å². The lowest BCUT2D eigenvalue weighted by atomic mass is 9.79. The highest BCUT2D eigenvalue weighted by Crippen LogP contribution is 2.46. The zero-order chi connectivity index (χ0) is 29.1. The fourth-order valence-electron chi connectivity index (χ4n) is 6.21. The molecule has 8 heteroatoms. The molecule has 0 spiro atoms. The smallest absolute Gasteiger partial charge is 0.254 e. The van der Waals surface area contributed by atoms with Gasteiger partial charge in [-0.15, -0.1) is 0 Å². The molecule has 0 bridgehead atoms. The van der Waals surface area contributed by atoms with Crippen LogP contribution in [-0.2, 0) is 11.3 Å². The zero-order valence-electron chi connectivity index (χ0n) is 24.2. The predicted octanol–water partition coefficient (Wildman–Crippen LogP) is 5.09. The number of methoxy groups -OCH3 is 2. The van der Waals surface area contributed by atoms with Gasteiger partial charge < -0.3 is 19.7 Å². The van der Waals surface area contributed by atoms with Crippen LogP contribution in [0.3, 0.4) is 0 Å². The van der Waals surface area contributed by atoms with Gasteiger partial charge in [-0.3, -0.25) is 14.5 Å². The minimum absolute atomic E-state index is 0.242. The Bertz CT molecular complexity index is 1420. The van der Waals surface area contributed by atoms with E-state index in [9.17, 15) is 9.59 Å². The van der Waals surface area contributed by atoms with Crippen LogP contribution in [0, 0.1) is 18.7 Å². The van der Waals surface area contributed by atoms with Gasteiger partial charge in [-0.05, 0) is 68.1 Å². The molecule has 0 radical (unpaired) electrons. The highest BCUT2D eigenvalue weighted by atomic mass is 19.1. The molecule has 41 heavy (non-hydrogen) atoms. The van der Waals surface area contributed by atoms with E-state index in [1.54, 1.807) is 37.4 Å². The summed E-state index contributed by atoms with van der Waals surface area (Å²) in [6.45, 7) is 5.49. The first-order valence-electron chi connectivity index (χ1n) is 14.1. The maximum Gasteiger partial charge on any atom is 0.254 e. The van der Waals surface area contributed by atoms with Crippen LogP contribution in [0.4, 0.5) is 4.39 Å². The second-order valence-electron chi connectivity index (χ2n) is 11.1. The Labute approximate surface area is 241 Å². The van der Waals surface area contributed by atoms with Crippen molar-refractivity contribution in [2.75, 3.05) is 40.9 Å². The van der Waals surface area contributed by atoms with E-state index in [1.165, 1.54) is 36.3 Å². The first-order valence-corrected chi connectivity index (χ1v) is 14.1. The van der Waals surface area contributed by atoms with Gasteiger partial charge in [0.05, 0.1) is 26.2 Å². The van der Waals surface area contributed by atoms with E-state index >= 15 is 4.39 Å². The summed E-state index contributed by atoms with van der Waals surface area (Å²) in [4.78, 5) is 31.4. The van der Waals surface area contributed by atoms with Crippen LogP contribution in [0.15, 0.2) is 60.7 Å². The Morgan fingerprint density at radius 2 is 1.68 bits per heavy atom. The number of carbonyl (C=O) groups is 2. The molecule has 2 heterocycles. The number of amides is 2. The molecule has 1 saturated heterocycles. The van der Waals surface area contributed by atoms with Crippen molar-refractivity contribution < 1.29 is 23.5 Å². The number of hydrogen-bond donors (Lipinski definition) is 1. The number of hydrogen-bond acceptors (Lipinski definition) is 5. The second-order valence-corrected chi connectivity index (χ2v) is 11.1. The molecule has 2 aliphatic rings. The molecule has 0 aliphatic carbocycles. The van der Waals surface area contributed by atoms with E-state index in [2.05, 4.69) is 41.4 Å². The van der Waals surface area contributed by atoms with E-state index in [0.717, 1.165) is 32.5 Å². The number of aryl methyl sites for hydroxylation is 1. The van der Waals surface area contributed by atoms with Gasteiger partial charge in [0.25, 0.3) is 5.91 Å². The van der Waals surface area contributed by atoms with Crippen LogP contribution in [0.25, 0.3) is 0 Å². The van der Waals surface area contributed by atoms with Gasteiger partial charge in [-0.1, -0.05) is 48.0 Å². The molecule has 3 aromatic rings. The van der Waals surface area contributed by atoms with Crippen LogP contribution in [-0.4, -0.2) is 62.5 Å². The number of carbonyl (C=O) groups excluding carboxylic acids is 2. The van der Waals surface area contributed by atoms with Gasteiger partial charge in [-0.25, -0.2) is 4.39 Å². The van der Waals surface area contributed by atoms with Crippen LogP contribution in [0.5, 0.6) is 11.5 Å². The average Bonchev–Trinajstić information content (AvgIpc) is 2.98. The second kappa shape index (κ2) is 12.3. The number of halogens is 1. The maximum atomic E-state index is 15.1. The molecule has 2 aliphatic heterocycles. The van der Waals surface area contributed by atoms with Crippen LogP contribution in [0.2, 0.25) is 0 Å². The van der Waals surface area contributed by atoms with Gasteiger partial charge in [0.15, 0.2) is 11.5 Å². The van der Waals surface area contributed by atoms with Crippen molar-refractivity contribution in [2.45, 2.75) is 38.3 Å². The lowest BCUT2D eigenvalue weighted by Gasteiger charge is -2.40. The normalized spacial score (nSPS) is 19.5. The number of benzene rings is 3. The molecule has 0 saturated carbocycles. The molecular weight excluding hydrogens is 521 g/mol. The maximum absolute atomic E-state index is 15.1. The largest absolute Gasteiger partial charge is 0.493 e. The van der Waals surface area contributed by atoms with E-state index in [1.807, 2.05) is 0 Å². The number of ether oxygens (including phenoxy) is 2. The highest BCUT2D eigenvalue weighted by molar-refractivity contribution is 6.02. The fraction of sp³-hybridized carbons (Fsp3) is 0.394. The van der Waals surface area contributed by atoms with Gasteiger partial charge >= 0.3 is 0 Å². The quantitative estimate of drug-likeness (QED) is 0.416. The highest BCUT2D eigenvalue weighted by Gasteiger charge is 2.44. The predicted molar refractivity (Wildman–Crippen MR) is 156 cm³/mol. The molecule has 2 amide bonds. The molecule has 1 N–H and O–H groups in total. The molecule has 2 atom stereocenters. The van der Waals surface area contributed by atoms with E-state index in [0.29, 0.717) is 40.7 Å². The standard InChI is InChI=1S/C33H38FN3O4/c1-21-8-7-9-23(16-21)20-37-14-12-22(13-15-37)19-35-32(38)30-25-17-28(40-3)29(41-4)18-26(25)33(39)36(2)31(30)24-10-5-6-11-27(24)34/h5-11,16-18,22,30-31H,12-15,19-20H2,1-4H3,(H,35,38). The number of nitrogens with zero attached hydrogens (tertiary/aromatic N) is 2. The summed E-state index contributed by atoms with van der Waals surface area (Å²) in [6.07, 6.45) is 1.96. The summed E-state index contributed by atoms with van der Waals surface area (Å²) in [5.41, 5.74) is 3.74. The Kier molecular flexibility index (Phi) is 8.59. The number of piperidine rings is 1. The third kappa shape index (κ3) is 5.93. The fourth-order valence-corrected chi connectivity index (χ4v) is 6.21. The molecule has 2 unspecified atom stereocenters. The van der Waals surface area contributed by atoms with Crippen molar-refractivity contribution >= 4 is 11.8 Å². The topological polar surface area (TPSA) is 71.1 Å². The lowest BCUT2D eigenvalue weighted by Crippen LogP contribution is -2.47. The third-order valence-corrected chi connectivity index (χ3v) is 8.44. The van der Waals surface area contributed by atoms with Crippen LogP contribution >= 0.6 is 0 Å². The van der Waals surface area contributed by atoms with E-state index < -0.39 is 17.8 Å². The number of rotatable bonds is 8. The van der Waals surface area contributed by atoms with E-state index in [4.69, 9.17) is 9.47 Å². The minimum atomic E-state index is -0.828. The first-order chi connectivity index (χ1) is 19.8. The molecule has 1 fully saturated rings. The number of nitrogens with one attached hydrogen (secondary N) is 1. The zero-order valence-corrected chi connectivity index (χ0v) is 24.2. The summed E-state index contributed by atoms with van der Waals surface area (Å²) in [5, 5.41) is 3.17. The van der Waals surface area contributed by atoms with Gasteiger partial charge in [-0.2, -0.15) is 0 Å². The third-order valence-electron chi connectivity index (χ3n) is 8.44. The minimum Gasteiger partial charge on any atom is -0.493 e. The molecule has 7 nitrogen and oxygen atoms in total. The monoisotopic (exact) mass is 559 g/mol. The van der Waals surface area contributed by atoms with Crippen LogP contribution < -0.4 is 14.8 Å². The first kappa shape index (κ1) is 28.6. The summed E-state index contributed by atoms with van der Waals surface area (Å²) >= 11 is 0. The van der Waals surface area contributed by atoms with Gasteiger partial charge in [0.1, 0.15) is 5.82 Å². The van der Waals surface area contributed by atoms with Crippen molar-refractivity contribution in [1.82, 2.24) is 15.1 Å². The lowest BCUT2D eigenvalue weighted by molar-refractivity contribution is -0.124. The van der Waals surface area contributed by atoms with Crippen molar-refractivity contribution in [3.63, 3.8) is 0 Å². The summed E-state index contributed by atoms with van der Waals surface area (Å²) in [5.74, 6) is -0.686. The Morgan fingerprint density at radius 1 is 0.976 bits per heavy atom. The summed E-state index contributed by atoms with van der Waals surface area (Å²) < 4.78 is 26.1. The van der Waals surface area contributed by atoms with Crippen molar-refractivity contribution in [3.05, 3.63) is 94.3 Å². The molecule has 216 valence electrons. The molecular formula is C33H38FN3O4. The Balaban J connectivity index is 1.36. The van der Waals surface area contributed by atoms with Crippen molar-refractivity contribution in [2.24, 2.45) is 5.92 Å². The van der Waals surface area contributed by atoms with Crippen LogP contribution in [0.1, 0.15) is 57.4 Å². The molecule has 0 aromatic heterocycles. The Morgan fingerprint density at radius 3 is 2.37 bits per heavy atom. The summed E-state index contributed by atoms with van der Waals surface area (Å²) in [7, 11) is 4.62. The molecule has 3 aromatic carbocycles. The average molecular weight is 560 g/mol.